The molecule has 0 saturated heterocycles. The molecule has 0 atom stereocenters. The van der Waals surface area contributed by atoms with Crippen molar-refractivity contribution in [2.24, 2.45) is 9.98 Å². The third-order valence-corrected chi connectivity index (χ3v) is 7.71. The quantitative estimate of drug-likeness (QED) is 0.193. The molecule has 0 saturated carbocycles. The van der Waals surface area contributed by atoms with Gasteiger partial charge < -0.3 is 0 Å². The summed E-state index contributed by atoms with van der Waals surface area (Å²) < 4.78 is 0. The van der Waals surface area contributed by atoms with Crippen LogP contribution in [-0.2, 0) is 0 Å². The number of hydrogen-bond donors (Lipinski definition) is 0. The molecule has 2 heteroatoms. The number of nitrogens with zero attached hydrogens (tertiary/aromatic N) is 2. The summed E-state index contributed by atoms with van der Waals surface area (Å²) >= 11 is 0. The number of benzene rings is 6. The van der Waals surface area contributed by atoms with Gasteiger partial charge in [0, 0.05) is 33.4 Å². The molecule has 0 aromatic heterocycles. The van der Waals surface area contributed by atoms with Crippen molar-refractivity contribution in [3.63, 3.8) is 0 Å². The van der Waals surface area contributed by atoms with Crippen LogP contribution in [0.15, 0.2) is 192 Å². The van der Waals surface area contributed by atoms with E-state index < -0.39 is 0 Å². The summed E-state index contributed by atoms with van der Waals surface area (Å²) in [7, 11) is 0. The van der Waals surface area contributed by atoms with Crippen molar-refractivity contribution >= 4 is 34.0 Å². The first-order chi connectivity index (χ1) is 21.9. The van der Waals surface area contributed by atoms with Gasteiger partial charge in [0.25, 0.3) is 0 Å². The third kappa shape index (κ3) is 5.49. The predicted octanol–water partition coefficient (Wildman–Crippen LogP) is 10.1. The second-order valence-corrected chi connectivity index (χ2v) is 10.6. The molecule has 208 valence electrons. The smallest absolute Gasteiger partial charge is 0.0810 e. The summed E-state index contributed by atoms with van der Waals surface area (Å²) in [6, 6.07) is 62.9. The zero-order chi connectivity index (χ0) is 29.6. The molecule has 0 unspecified atom stereocenters. The van der Waals surface area contributed by atoms with Gasteiger partial charge in [0.2, 0.25) is 0 Å². The van der Waals surface area contributed by atoms with Crippen molar-refractivity contribution in [3.05, 3.63) is 215 Å². The van der Waals surface area contributed by atoms with Crippen molar-refractivity contribution < 1.29 is 0 Å². The molecular formula is C42H30N2. The lowest BCUT2D eigenvalue weighted by atomic mass is 9.87. The minimum absolute atomic E-state index is 0.874. The minimum Gasteiger partial charge on any atom is -0.246 e. The summed E-state index contributed by atoms with van der Waals surface area (Å²) in [5, 5.41) is 0. The summed E-state index contributed by atoms with van der Waals surface area (Å²) in [5.74, 6) is 0. The molecule has 44 heavy (non-hydrogen) atoms. The summed E-state index contributed by atoms with van der Waals surface area (Å²) in [6.07, 6.45) is 0. The first-order valence-corrected chi connectivity index (χ1v) is 14.9. The van der Waals surface area contributed by atoms with Crippen LogP contribution in [0.1, 0.15) is 33.4 Å². The SMILES string of the molecule is c1ccc(C2=C(c3ccccc3)/C(c3ccccc3)=N/C(c3ccccc3)=C(c3ccccc3)\C(c3ccccc3)=N\2)cc1. The molecule has 0 amide bonds. The van der Waals surface area contributed by atoms with Crippen molar-refractivity contribution in [2.75, 3.05) is 0 Å². The number of hydrogen-bond acceptors (Lipinski definition) is 2. The van der Waals surface area contributed by atoms with E-state index in [1.807, 2.05) is 24.3 Å². The van der Waals surface area contributed by atoms with E-state index in [0.717, 1.165) is 67.3 Å². The molecule has 6 aromatic carbocycles. The molecule has 6 aromatic rings. The van der Waals surface area contributed by atoms with Crippen LogP contribution in [0.3, 0.4) is 0 Å². The molecule has 0 N–H and O–H groups in total. The maximum atomic E-state index is 5.70. The van der Waals surface area contributed by atoms with Crippen LogP contribution in [0.4, 0.5) is 0 Å². The fourth-order valence-corrected chi connectivity index (χ4v) is 5.65. The highest BCUT2D eigenvalue weighted by molar-refractivity contribution is 6.44. The summed E-state index contributed by atoms with van der Waals surface area (Å²) in [4.78, 5) is 11.4. The summed E-state index contributed by atoms with van der Waals surface area (Å²) in [6.45, 7) is 0. The van der Waals surface area contributed by atoms with Gasteiger partial charge in [-0.05, 0) is 11.1 Å². The van der Waals surface area contributed by atoms with Crippen LogP contribution in [0.25, 0.3) is 22.5 Å². The van der Waals surface area contributed by atoms with E-state index in [1.54, 1.807) is 0 Å². The first-order valence-electron chi connectivity index (χ1n) is 14.9. The first kappa shape index (κ1) is 27.0. The predicted molar refractivity (Wildman–Crippen MR) is 185 cm³/mol. The standard InChI is InChI=1S/C42H30N2/c1-7-19-31(20-8-1)37-39(33-23-11-3-12-24-33)43-41(35-27-15-5-16-28-35)38(32-21-9-2-10-22-32)42(36-29-17-6-18-30-36)44-40(37)34-25-13-4-14-26-34/h1-30H/b39-37-,40-37?,41-38?,42-38-,43-39?,43-41+,44-40+,44-42?. The lowest BCUT2D eigenvalue weighted by Gasteiger charge is -2.24. The van der Waals surface area contributed by atoms with E-state index in [4.69, 9.17) is 9.98 Å². The number of aliphatic imine (C=N–C) groups is 2. The van der Waals surface area contributed by atoms with Gasteiger partial charge in [-0.1, -0.05) is 182 Å². The molecule has 1 heterocycles. The van der Waals surface area contributed by atoms with Gasteiger partial charge in [0.15, 0.2) is 0 Å². The van der Waals surface area contributed by atoms with Crippen molar-refractivity contribution in [3.8, 4) is 0 Å². The Kier molecular flexibility index (Phi) is 7.71. The van der Waals surface area contributed by atoms with Crippen LogP contribution in [0.5, 0.6) is 0 Å². The molecule has 2 nitrogen and oxygen atoms in total. The number of allylic oxidation sites excluding steroid dienone is 2. The second kappa shape index (κ2) is 12.6. The minimum atomic E-state index is 0.874. The van der Waals surface area contributed by atoms with Gasteiger partial charge in [0.05, 0.1) is 22.8 Å². The highest BCUT2D eigenvalue weighted by atomic mass is 14.8. The van der Waals surface area contributed by atoms with Crippen molar-refractivity contribution in [2.45, 2.75) is 0 Å². The van der Waals surface area contributed by atoms with Crippen LogP contribution in [0, 0.1) is 0 Å². The lowest BCUT2D eigenvalue weighted by molar-refractivity contribution is 1.44. The lowest BCUT2D eigenvalue weighted by Crippen LogP contribution is -2.14. The highest BCUT2D eigenvalue weighted by Crippen LogP contribution is 2.39. The molecule has 7 rings (SSSR count). The Hall–Kier alpha value is -5.86. The average Bonchev–Trinajstić information content (AvgIpc) is 3.11. The monoisotopic (exact) mass is 562 g/mol. The Morgan fingerprint density at radius 3 is 0.727 bits per heavy atom. The average molecular weight is 563 g/mol. The van der Waals surface area contributed by atoms with E-state index in [1.165, 1.54) is 0 Å². The fraction of sp³-hybridized carbons (Fsp3) is 0. The zero-order valence-electron chi connectivity index (χ0n) is 24.2. The van der Waals surface area contributed by atoms with E-state index in [-0.39, 0.29) is 0 Å². The maximum absolute atomic E-state index is 5.70. The van der Waals surface area contributed by atoms with Gasteiger partial charge in [-0.2, -0.15) is 0 Å². The normalized spacial score (nSPS) is 19.2. The molecule has 0 spiro atoms. The van der Waals surface area contributed by atoms with Crippen molar-refractivity contribution in [1.82, 2.24) is 0 Å². The Morgan fingerprint density at radius 1 is 0.227 bits per heavy atom. The molecule has 0 aliphatic carbocycles. The van der Waals surface area contributed by atoms with E-state index in [0.29, 0.717) is 0 Å². The Labute approximate surface area is 258 Å². The van der Waals surface area contributed by atoms with Gasteiger partial charge in [-0.25, -0.2) is 9.98 Å². The molecule has 1 aliphatic rings. The molecule has 0 fully saturated rings. The van der Waals surface area contributed by atoms with Crippen LogP contribution in [0.2, 0.25) is 0 Å². The topological polar surface area (TPSA) is 24.7 Å². The summed E-state index contributed by atoms with van der Waals surface area (Å²) in [5.41, 5.74) is 11.7. The zero-order valence-corrected chi connectivity index (χ0v) is 24.2. The van der Waals surface area contributed by atoms with Crippen LogP contribution in [-0.4, -0.2) is 11.4 Å². The van der Waals surface area contributed by atoms with Gasteiger partial charge in [0.1, 0.15) is 0 Å². The molecular weight excluding hydrogens is 532 g/mol. The highest BCUT2D eigenvalue weighted by Gasteiger charge is 2.27. The van der Waals surface area contributed by atoms with Crippen LogP contribution >= 0.6 is 0 Å². The van der Waals surface area contributed by atoms with Crippen molar-refractivity contribution in [1.29, 1.82) is 0 Å². The largest absolute Gasteiger partial charge is 0.246 e. The van der Waals surface area contributed by atoms with Gasteiger partial charge in [-0.3, -0.25) is 0 Å². The van der Waals surface area contributed by atoms with Gasteiger partial charge >= 0.3 is 0 Å². The molecule has 1 aliphatic heterocycles. The van der Waals surface area contributed by atoms with E-state index >= 15 is 0 Å². The van der Waals surface area contributed by atoms with E-state index in [2.05, 4.69) is 158 Å². The molecule has 0 radical (unpaired) electrons. The Morgan fingerprint density at radius 2 is 0.455 bits per heavy atom. The maximum Gasteiger partial charge on any atom is 0.0810 e. The third-order valence-electron chi connectivity index (χ3n) is 7.71. The number of rotatable bonds is 6. The van der Waals surface area contributed by atoms with E-state index in [9.17, 15) is 0 Å². The second-order valence-electron chi connectivity index (χ2n) is 10.6. The Balaban J connectivity index is 1.70. The molecule has 0 bridgehead atoms. The van der Waals surface area contributed by atoms with Gasteiger partial charge in [-0.15, -0.1) is 0 Å². The Bertz CT molecular complexity index is 1840. The van der Waals surface area contributed by atoms with Crippen LogP contribution < -0.4 is 0 Å². The fourth-order valence-electron chi connectivity index (χ4n) is 5.65.